The van der Waals surface area contributed by atoms with Gasteiger partial charge in [0.05, 0.1) is 25.4 Å². The highest BCUT2D eigenvalue weighted by Crippen LogP contribution is 2.23. The Hall–Kier alpha value is -1.67. The van der Waals surface area contributed by atoms with Crippen molar-refractivity contribution in [1.82, 2.24) is 5.32 Å². The maximum atomic E-state index is 13.0. The second kappa shape index (κ2) is 31.7. The summed E-state index contributed by atoms with van der Waals surface area (Å²) in [6, 6.07) is -1.19. The maximum absolute atomic E-state index is 13.0. The Kier molecular flexibility index (Phi) is 29.4. The molecule has 0 bridgehead atoms. The molecule has 9 unspecified atom stereocenters. The van der Waals surface area contributed by atoms with Gasteiger partial charge in [0.1, 0.15) is 36.6 Å². The lowest BCUT2D eigenvalue weighted by molar-refractivity contribution is -0.303. The number of aliphatic hydroxyl groups excluding tert-OH is 7. The molecule has 8 N–H and O–H groups in total. The first-order valence-electron chi connectivity index (χ1n) is 20.4. The Bertz CT molecular complexity index is 945. The first kappa shape index (κ1) is 48.3. The van der Waals surface area contributed by atoms with E-state index in [1.54, 1.807) is 0 Å². The molecule has 0 aliphatic carbocycles. The topological polar surface area (TPSA) is 189 Å². The van der Waals surface area contributed by atoms with Crippen LogP contribution in [0, 0.1) is 0 Å². The van der Waals surface area contributed by atoms with Crippen LogP contribution in [0.4, 0.5) is 0 Å². The van der Waals surface area contributed by atoms with Crippen LogP contribution in [0.3, 0.4) is 0 Å². The van der Waals surface area contributed by atoms with E-state index < -0.39 is 74.2 Å². The fraction of sp³-hybridized carbons (Fsp3) is 0.829. The van der Waals surface area contributed by atoms with E-state index in [9.17, 15) is 40.5 Å². The number of hydrogen-bond donors (Lipinski definition) is 8. The van der Waals surface area contributed by atoms with Crippen molar-refractivity contribution in [3.8, 4) is 0 Å². The van der Waals surface area contributed by atoms with Crippen molar-refractivity contribution in [3.63, 3.8) is 0 Å². The predicted octanol–water partition coefficient (Wildman–Crippen LogP) is 5.27. The van der Waals surface area contributed by atoms with Gasteiger partial charge in [0.2, 0.25) is 5.91 Å². The van der Waals surface area contributed by atoms with Crippen molar-refractivity contribution in [2.24, 2.45) is 0 Å². The van der Waals surface area contributed by atoms with Crippen LogP contribution in [0.25, 0.3) is 0 Å². The van der Waals surface area contributed by atoms with Crippen molar-refractivity contribution in [1.29, 1.82) is 0 Å². The van der Waals surface area contributed by atoms with Gasteiger partial charge in [-0.25, -0.2) is 0 Å². The predicted molar refractivity (Wildman–Crippen MR) is 205 cm³/mol. The third-order valence-electron chi connectivity index (χ3n) is 9.66. The summed E-state index contributed by atoms with van der Waals surface area (Å²) < 4.78 is 11.0. The van der Waals surface area contributed by atoms with Gasteiger partial charge in [-0.05, 0) is 57.8 Å². The molecule has 304 valence electrons. The minimum Gasteiger partial charge on any atom is -0.394 e. The fourth-order valence-corrected chi connectivity index (χ4v) is 6.24. The number of carbonyl (C=O) groups is 1. The van der Waals surface area contributed by atoms with Crippen molar-refractivity contribution in [2.45, 2.75) is 204 Å². The first-order chi connectivity index (χ1) is 25.2. The maximum Gasteiger partial charge on any atom is 0.249 e. The molecule has 52 heavy (non-hydrogen) atoms. The number of ether oxygens (including phenoxy) is 2. The molecule has 1 saturated heterocycles. The standard InChI is InChI=1S/C41H75NO10/c1-3-5-7-9-11-13-15-17-19-20-22-24-26-28-33(44)36(46)32(31-51-41-39(49)38(48)37(47)35(30-43)52-41)42-40(50)34(45)29-27-25-23-21-18-16-14-12-10-8-6-4-2/h5,7,13,15,20,22,32-39,41,43-49H,3-4,6,8-12,14,16-19,21,23-31H2,1-2H3,(H,42,50)/b7-5+,15-13+,22-20+. The summed E-state index contributed by atoms with van der Waals surface area (Å²) in [5, 5.41) is 75.2. The van der Waals surface area contributed by atoms with Crippen LogP contribution in [0.2, 0.25) is 0 Å². The van der Waals surface area contributed by atoms with Gasteiger partial charge in [-0.2, -0.15) is 0 Å². The van der Waals surface area contributed by atoms with E-state index in [2.05, 4.69) is 49.5 Å². The summed E-state index contributed by atoms with van der Waals surface area (Å²) in [6.07, 6.45) is 22.1. The third kappa shape index (κ3) is 21.9. The van der Waals surface area contributed by atoms with Crippen LogP contribution in [-0.4, -0.2) is 110 Å². The zero-order valence-corrected chi connectivity index (χ0v) is 32.3. The molecule has 11 heteroatoms. The zero-order chi connectivity index (χ0) is 38.4. The highest BCUT2D eigenvalue weighted by atomic mass is 16.7. The van der Waals surface area contributed by atoms with Gasteiger partial charge in [0.15, 0.2) is 6.29 Å². The first-order valence-corrected chi connectivity index (χ1v) is 20.4. The fourth-order valence-electron chi connectivity index (χ4n) is 6.24. The number of amides is 1. The number of unbranched alkanes of at least 4 members (excludes halogenated alkanes) is 14. The number of aliphatic hydroxyl groups is 7. The lowest BCUT2D eigenvalue weighted by Crippen LogP contribution is -2.60. The summed E-state index contributed by atoms with van der Waals surface area (Å²) in [7, 11) is 0. The van der Waals surface area contributed by atoms with Gasteiger partial charge >= 0.3 is 0 Å². The molecule has 0 spiro atoms. The van der Waals surface area contributed by atoms with Crippen LogP contribution in [-0.2, 0) is 14.3 Å². The molecule has 0 aromatic carbocycles. The molecule has 1 fully saturated rings. The highest BCUT2D eigenvalue weighted by molar-refractivity contribution is 5.80. The molecule has 0 saturated carbocycles. The molecule has 1 rings (SSSR count). The Balaban J connectivity index is 2.58. The van der Waals surface area contributed by atoms with E-state index in [-0.39, 0.29) is 12.8 Å². The summed E-state index contributed by atoms with van der Waals surface area (Å²) in [6.45, 7) is 3.26. The van der Waals surface area contributed by atoms with Gasteiger partial charge in [0.25, 0.3) is 0 Å². The quantitative estimate of drug-likeness (QED) is 0.0333. The lowest BCUT2D eigenvalue weighted by Gasteiger charge is -2.40. The van der Waals surface area contributed by atoms with E-state index >= 15 is 0 Å². The lowest BCUT2D eigenvalue weighted by atomic mass is 9.98. The largest absolute Gasteiger partial charge is 0.394 e. The van der Waals surface area contributed by atoms with E-state index in [0.29, 0.717) is 19.3 Å². The molecule has 1 aliphatic heterocycles. The van der Waals surface area contributed by atoms with Gasteiger partial charge in [-0.3, -0.25) is 4.79 Å². The Morgan fingerprint density at radius 1 is 0.673 bits per heavy atom. The smallest absolute Gasteiger partial charge is 0.249 e. The van der Waals surface area contributed by atoms with Crippen molar-refractivity contribution < 1.29 is 50.0 Å². The molecular weight excluding hydrogens is 666 g/mol. The highest BCUT2D eigenvalue weighted by Gasteiger charge is 2.44. The molecule has 11 nitrogen and oxygen atoms in total. The van der Waals surface area contributed by atoms with Crippen molar-refractivity contribution >= 4 is 5.91 Å². The minimum absolute atomic E-state index is 0.241. The average Bonchev–Trinajstić information content (AvgIpc) is 3.14. The molecular formula is C41H75NO10. The Morgan fingerprint density at radius 3 is 1.73 bits per heavy atom. The van der Waals surface area contributed by atoms with Gasteiger partial charge in [0, 0.05) is 0 Å². The van der Waals surface area contributed by atoms with Gasteiger partial charge < -0.3 is 50.5 Å². The monoisotopic (exact) mass is 742 g/mol. The molecule has 0 aromatic heterocycles. The zero-order valence-electron chi connectivity index (χ0n) is 32.3. The number of hydrogen-bond acceptors (Lipinski definition) is 10. The normalized spacial score (nSPS) is 23.4. The van der Waals surface area contributed by atoms with Gasteiger partial charge in [-0.1, -0.05) is 127 Å². The second-order valence-electron chi connectivity index (χ2n) is 14.3. The van der Waals surface area contributed by atoms with Crippen LogP contribution < -0.4 is 5.32 Å². The number of rotatable bonds is 32. The van der Waals surface area contributed by atoms with Crippen LogP contribution >= 0.6 is 0 Å². The molecule has 1 amide bonds. The number of carbonyl (C=O) groups excluding carboxylic acids is 1. The van der Waals surface area contributed by atoms with E-state index in [1.165, 1.54) is 51.4 Å². The molecule has 0 radical (unpaired) electrons. The van der Waals surface area contributed by atoms with Crippen molar-refractivity contribution in [2.75, 3.05) is 13.2 Å². The Labute approximate surface area is 314 Å². The second-order valence-corrected chi connectivity index (χ2v) is 14.3. The number of allylic oxidation sites excluding steroid dienone is 6. The van der Waals surface area contributed by atoms with Crippen LogP contribution in [0.15, 0.2) is 36.5 Å². The summed E-state index contributed by atoms with van der Waals surface area (Å²) in [5.74, 6) is -0.717. The summed E-state index contributed by atoms with van der Waals surface area (Å²) in [5.41, 5.74) is 0. The van der Waals surface area contributed by atoms with Gasteiger partial charge in [-0.15, -0.1) is 0 Å². The average molecular weight is 742 g/mol. The molecule has 9 atom stereocenters. The minimum atomic E-state index is -1.67. The molecule has 1 heterocycles. The van der Waals surface area contributed by atoms with E-state index in [0.717, 1.165) is 51.4 Å². The van der Waals surface area contributed by atoms with Crippen LogP contribution in [0.1, 0.15) is 149 Å². The SMILES string of the molecule is CC/C=C/CC/C=C/CC/C=C/CCCC(O)C(O)C(COC1OC(CO)C(O)C(O)C1O)NC(=O)C(O)CCCCCCCCCCCCCC. The summed E-state index contributed by atoms with van der Waals surface area (Å²) >= 11 is 0. The van der Waals surface area contributed by atoms with E-state index in [4.69, 9.17) is 9.47 Å². The van der Waals surface area contributed by atoms with Crippen LogP contribution in [0.5, 0.6) is 0 Å². The number of nitrogens with one attached hydrogen (secondary N) is 1. The molecule has 1 aliphatic rings. The Morgan fingerprint density at radius 2 is 1.19 bits per heavy atom. The third-order valence-corrected chi connectivity index (χ3v) is 9.66. The van der Waals surface area contributed by atoms with Crippen molar-refractivity contribution in [3.05, 3.63) is 36.5 Å². The molecule has 0 aromatic rings. The summed E-state index contributed by atoms with van der Waals surface area (Å²) in [4.78, 5) is 13.0. The van der Waals surface area contributed by atoms with E-state index in [1.807, 2.05) is 6.08 Å².